The second kappa shape index (κ2) is 6.78. The van der Waals surface area contributed by atoms with E-state index >= 15 is 0 Å². The van der Waals surface area contributed by atoms with Crippen LogP contribution in [-0.2, 0) is 6.42 Å². The van der Waals surface area contributed by atoms with Crippen LogP contribution in [0.15, 0.2) is 47.2 Å². The maximum atomic E-state index is 13.7. The lowest BCUT2D eigenvalue weighted by Crippen LogP contribution is -2.22. The second-order valence-corrected chi connectivity index (χ2v) is 5.36. The predicted octanol–water partition coefficient (Wildman–Crippen LogP) is 3.88. The van der Waals surface area contributed by atoms with Crippen molar-refractivity contribution >= 4 is 15.9 Å². The van der Waals surface area contributed by atoms with E-state index < -0.39 is 0 Å². The SMILES string of the molecule is CC(NCCc1ccncc1)c1cc(Br)ccc1F. The zero-order chi connectivity index (χ0) is 13.7. The molecule has 0 saturated heterocycles. The summed E-state index contributed by atoms with van der Waals surface area (Å²) in [6.45, 7) is 2.77. The topological polar surface area (TPSA) is 24.9 Å². The molecule has 19 heavy (non-hydrogen) atoms. The zero-order valence-electron chi connectivity index (χ0n) is 10.7. The maximum absolute atomic E-state index is 13.7. The molecule has 1 aromatic heterocycles. The van der Waals surface area contributed by atoms with Gasteiger partial charge in [-0.15, -0.1) is 0 Å². The second-order valence-electron chi connectivity index (χ2n) is 4.45. The Morgan fingerprint density at radius 2 is 2.00 bits per heavy atom. The summed E-state index contributed by atoms with van der Waals surface area (Å²) in [5.74, 6) is -0.174. The number of nitrogens with one attached hydrogen (secondary N) is 1. The van der Waals surface area contributed by atoms with E-state index in [1.54, 1.807) is 18.5 Å². The molecule has 0 aliphatic heterocycles. The largest absolute Gasteiger partial charge is 0.310 e. The van der Waals surface area contributed by atoms with E-state index in [1.165, 1.54) is 11.6 Å². The summed E-state index contributed by atoms with van der Waals surface area (Å²) in [4.78, 5) is 3.98. The quantitative estimate of drug-likeness (QED) is 0.903. The lowest BCUT2D eigenvalue weighted by Gasteiger charge is -2.15. The van der Waals surface area contributed by atoms with Gasteiger partial charge in [-0.25, -0.2) is 4.39 Å². The number of hydrogen-bond acceptors (Lipinski definition) is 2. The highest BCUT2D eigenvalue weighted by atomic mass is 79.9. The van der Waals surface area contributed by atoms with Crippen LogP contribution >= 0.6 is 15.9 Å². The molecule has 100 valence electrons. The van der Waals surface area contributed by atoms with Gasteiger partial charge >= 0.3 is 0 Å². The Morgan fingerprint density at radius 1 is 1.26 bits per heavy atom. The van der Waals surface area contributed by atoms with Gasteiger partial charge in [-0.2, -0.15) is 0 Å². The van der Waals surface area contributed by atoms with Gasteiger partial charge in [-0.1, -0.05) is 15.9 Å². The van der Waals surface area contributed by atoms with Crippen LogP contribution in [0.4, 0.5) is 4.39 Å². The van der Waals surface area contributed by atoms with Crippen molar-refractivity contribution in [2.24, 2.45) is 0 Å². The summed E-state index contributed by atoms with van der Waals surface area (Å²) in [6, 6.07) is 8.99. The minimum absolute atomic E-state index is 0.0145. The van der Waals surface area contributed by atoms with Gasteiger partial charge in [0.05, 0.1) is 0 Å². The number of benzene rings is 1. The number of pyridine rings is 1. The fraction of sp³-hybridized carbons (Fsp3) is 0.267. The standard InChI is InChI=1S/C15H16BrFN2/c1-11(14-10-13(16)2-3-15(14)17)19-9-6-12-4-7-18-8-5-12/h2-5,7-8,10-11,19H,6,9H2,1H3. The van der Waals surface area contributed by atoms with Crippen molar-refractivity contribution in [1.29, 1.82) is 0 Å². The summed E-state index contributed by atoms with van der Waals surface area (Å²) in [6.07, 6.45) is 4.47. The molecule has 1 aromatic carbocycles. The van der Waals surface area contributed by atoms with Gasteiger partial charge < -0.3 is 5.32 Å². The molecule has 1 atom stereocenters. The van der Waals surface area contributed by atoms with Crippen LogP contribution in [0.3, 0.4) is 0 Å². The van der Waals surface area contributed by atoms with E-state index in [0.29, 0.717) is 5.56 Å². The minimum Gasteiger partial charge on any atom is -0.310 e. The number of nitrogens with zero attached hydrogens (tertiary/aromatic N) is 1. The first-order valence-electron chi connectivity index (χ1n) is 6.24. The molecule has 0 saturated carbocycles. The molecule has 1 heterocycles. The maximum Gasteiger partial charge on any atom is 0.128 e. The van der Waals surface area contributed by atoms with Crippen molar-refractivity contribution in [3.8, 4) is 0 Å². The Balaban J connectivity index is 1.91. The van der Waals surface area contributed by atoms with Crippen molar-refractivity contribution in [2.45, 2.75) is 19.4 Å². The number of halogens is 2. The van der Waals surface area contributed by atoms with Crippen molar-refractivity contribution in [3.05, 3.63) is 64.1 Å². The molecule has 2 nitrogen and oxygen atoms in total. The van der Waals surface area contributed by atoms with E-state index in [1.807, 2.05) is 25.1 Å². The smallest absolute Gasteiger partial charge is 0.128 e. The molecule has 0 radical (unpaired) electrons. The fourth-order valence-corrected chi connectivity index (χ4v) is 2.32. The molecular weight excluding hydrogens is 307 g/mol. The molecule has 0 aliphatic carbocycles. The lowest BCUT2D eigenvalue weighted by molar-refractivity contribution is 0.530. The third-order valence-corrected chi connectivity index (χ3v) is 3.53. The molecule has 0 spiro atoms. The summed E-state index contributed by atoms with van der Waals surface area (Å²) in [7, 11) is 0. The van der Waals surface area contributed by atoms with Gasteiger partial charge in [0, 0.05) is 28.5 Å². The molecule has 0 amide bonds. The van der Waals surface area contributed by atoms with E-state index in [9.17, 15) is 4.39 Å². The van der Waals surface area contributed by atoms with Crippen LogP contribution in [0.1, 0.15) is 24.1 Å². The molecule has 0 fully saturated rings. The average molecular weight is 323 g/mol. The van der Waals surface area contributed by atoms with Crippen LogP contribution in [0, 0.1) is 5.82 Å². The van der Waals surface area contributed by atoms with Crippen molar-refractivity contribution in [2.75, 3.05) is 6.54 Å². The van der Waals surface area contributed by atoms with Crippen LogP contribution in [0.2, 0.25) is 0 Å². The highest BCUT2D eigenvalue weighted by molar-refractivity contribution is 9.10. The zero-order valence-corrected chi connectivity index (χ0v) is 12.3. The summed E-state index contributed by atoms with van der Waals surface area (Å²) >= 11 is 3.37. The monoisotopic (exact) mass is 322 g/mol. The first-order valence-corrected chi connectivity index (χ1v) is 7.03. The molecule has 0 bridgehead atoms. The first-order chi connectivity index (χ1) is 9.16. The fourth-order valence-electron chi connectivity index (χ4n) is 1.94. The predicted molar refractivity (Wildman–Crippen MR) is 78.5 cm³/mol. The normalized spacial score (nSPS) is 12.4. The van der Waals surface area contributed by atoms with Crippen LogP contribution in [-0.4, -0.2) is 11.5 Å². The Kier molecular flexibility index (Phi) is 5.05. The molecule has 2 aromatic rings. The number of aromatic nitrogens is 1. The molecule has 1 N–H and O–H groups in total. The molecular formula is C15H16BrFN2. The van der Waals surface area contributed by atoms with Gasteiger partial charge in [0.25, 0.3) is 0 Å². The summed E-state index contributed by atoms with van der Waals surface area (Å²) < 4.78 is 14.6. The minimum atomic E-state index is -0.174. The van der Waals surface area contributed by atoms with E-state index in [4.69, 9.17) is 0 Å². The Morgan fingerprint density at radius 3 is 2.74 bits per heavy atom. The van der Waals surface area contributed by atoms with Crippen molar-refractivity contribution in [3.63, 3.8) is 0 Å². The van der Waals surface area contributed by atoms with E-state index in [0.717, 1.165) is 17.4 Å². The highest BCUT2D eigenvalue weighted by Gasteiger charge is 2.10. The van der Waals surface area contributed by atoms with Crippen LogP contribution in [0.5, 0.6) is 0 Å². The van der Waals surface area contributed by atoms with Gasteiger partial charge in [-0.3, -0.25) is 4.98 Å². The van der Waals surface area contributed by atoms with Gasteiger partial charge in [0.1, 0.15) is 5.82 Å². The van der Waals surface area contributed by atoms with Gasteiger partial charge in [-0.05, 0) is 55.8 Å². The molecule has 2 rings (SSSR count). The highest BCUT2D eigenvalue weighted by Crippen LogP contribution is 2.21. The Bertz CT molecular complexity index is 531. The molecule has 4 heteroatoms. The van der Waals surface area contributed by atoms with Gasteiger partial charge in [0.15, 0.2) is 0 Å². The van der Waals surface area contributed by atoms with E-state index in [-0.39, 0.29) is 11.9 Å². The van der Waals surface area contributed by atoms with Crippen molar-refractivity contribution in [1.82, 2.24) is 10.3 Å². The molecule has 1 unspecified atom stereocenters. The first kappa shape index (κ1) is 14.2. The lowest BCUT2D eigenvalue weighted by atomic mass is 10.1. The summed E-state index contributed by atoms with van der Waals surface area (Å²) in [5, 5.41) is 3.33. The van der Waals surface area contributed by atoms with Crippen LogP contribution in [0.25, 0.3) is 0 Å². The Hall–Kier alpha value is -1.26. The third kappa shape index (κ3) is 4.11. The van der Waals surface area contributed by atoms with Gasteiger partial charge in [0.2, 0.25) is 0 Å². The Labute approximate surface area is 121 Å². The third-order valence-electron chi connectivity index (χ3n) is 3.04. The number of rotatable bonds is 5. The van der Waals surface area contributed by atoms with Crippen LogP contribution < -0.4 is 5.32 Å². The average Bonchev–Trinajstić information content (AvgIpc) is 2.42. The number of hydrogen-bond donors (Lipinski definition) is 1. The molecule has 0 aliphatic rings. The summed E-state index contributed by atoms with van der Waals surface area (Å²) in [5.41, 5.74) is 1.91. The van der Waals surface area contributed by atoms with Crippen molar-refractivity contribution < 1.29 is 4.39 Å². The van der Waals surface area contributed by atoms with E-state index in [2.05, 4.69) is 26.2 Å².